The molecule has 338 valence electrons. The summed E-state index contributed by atoms with van der Waals surface area (Å²) in [6, 6.07) is 4.41. The normalized spacial score (nSPS) is 30.9. The van der Waals surface area contributed by atoms with Gasteiger partial charge in [0.15, 0.2) is 24.3 Å². The Morgan fingerprint density at radius 3 is 2.52 bits per heavy atom. The van der Waals surface area contributed by atoms with Gasteiger partial charge in [-0.25, -0.2) is 9.59 Å². The van der Waals surface area contributed by atoms with E-state index in [1.807, 2.05) is 19.9 Å². The second-order valence-corrected chi connectivity index (χ2v) is 17.4. The highest BCUT2D eigenvalue weighted by molar-refractivity contribution is 6.01. The molecule has 1 saturated heterocycles. The maximum Gasteiger partial charge on any atom is 0.408 e. The molecule has 1 aliphatic heterocycles. The molecule has 6 rings (SSSR count). The number of unbranched alkanes of at least 4 members (excludes halogenated alkanes) is 1. The molecular weight excluding hydrogens is 807 g/mol. The molecule has 1 aromatic rings. The SMILES string of the molecule is CCCC1OC2CC3[C@@H]4CCC5=CC(=O)C=C[C@]5(C)C4[C@@H](O)C[C@]3(C)[C@]2(C(=O)COC(=O)CNC(=O)[C@H](CO)NC(=O)OCc2ccc(NC(=O)CCCCNC(N)=O)cc2)O1. The van der Waals surface area contributed by atoms with Crippen LogP contribution in [0.5, 0.6) is 0 Å². The molecule has 4 fully saturated rings. The molecule has 4 aliphatic carbocycles. The summed E-state index contributed by atoms with van der Waals surface area (Å²) in [5.41, 5.74) is 4.25. The Balaban J connectivity index is 0.981. The van der Waals surface area contributed by atoms with E-state index in [1.165, 1.54) is 0 Å². The van der Waals surface area contributed by atoms with Gasteiger partial charge in [0.1, 0.15) is 19.2 Å². The summed E-state index contributed by atoms with van der Waals surface area (Å²) in [5.74, 6) is -2.85. The number of esters is 1. The van der Waals surface area contributed by atoms with Crippen LogP contribution in [0.3, 0.4) is 0 Å². The van der Waals surface area contributed by atoms with Crippen molar-refractivity contribution in [2.75, 3.05) is 31.6 Å². The largest absolute Gasteiger partial charge is 0.456 e. The average molecular weight is 866 g/mol. The molecule has 18 heteroatoms. The van der Waals surface area contributed by atoms with Crippen LogP contribution in [0.1, 0.15) is 84.1 Å². The first-order valence-corrected chi connectivity index (χ1v) is 21.4. The van der Waals surface area contributed by atoms with Crippen molar-refractivity contribution < 1.29 is 62.7 Å². The van der Waals surface area contributed by atoms with Gasteiger partial charge in [-0.2, -0.15) is 0 Å². The average Bonchev–Trinajstić information content (AvgIpc) is 3.72. The number of rotatable bonds is 18. The van der Waals surface area contributed by atoms with Gasteiger partial charge in [-0.3, -0.25) is 24.0 Å². The molecule has 5 amide bonds. The minimum atomic E-state index is -1.50. The first kappa shape index (κ1) is 46.3. The molecule has 0 aromatic heterocycles. The highest BCUT2D eigenvalue weighted by atomic mass is 16.7. The third-order valence-electron chi connectivity index (χ3n) is 13.5. The topological polar surface area (TPSA) is 271 Å². The van der Waals surface area contributed by atoms with Crippen molar-refractivity contribution in [2.45, 2.75) is 115 Å². The zero-order valence-electron chi connectivity index (χ0n) is 35.4. The predicted octanol–water partition coefficient (Wildman–Crippen LogP) is 2.45. The Hall–Kier alpha value is -5.17. The number of hydrogen-bond acceptors (Lipinski definition) is 13. The number of amides is 5. The first-order chi connectivity index (χ1) is 29.5. The number of aliphatic hydroxyl groups is 2. The second kappa shape index (κ2) is 19.5. The summed E-state index contributed by atoms with van der Waals surface area (Å²) in [4.78, 5) is 87.9. The molecule has 18 nitrogen and oxygen atoms in total. The van der Waals surface area contributed by atoms with E-state index in [0.717, 1.165) is 18.4 Å². The van der Waals surface area contributed by atoms with E-state index in [1.54, 1.807) is 36.4 Å². The van der Waals surface area contributed by atoms with Gasteiger partial charge in [0.2, 0.25) is 17.6 Å². The van der Waals surface area contributed by atoms with E-state index >= 15 is 0 Å². The van der Waals surface area contributed by atoms with Crippen molar-refractivity contribution in [3.05, 3.63) is 53.6 Å². The van der Waals surface area contributed by atoms with E-state index < -0.39 is 90.5 Å². The lowest BCUT2D eigenvalue weighted by Gasteiger charge is -2.59. The summed E-state index contributed by atoms with van der Waals surface area (Å²) < 4.78 is 23.6. The second-order valence-electron chi connectivity index (χ2n) is 17.4. The van der Waals surface area contributed by atoms with Crippen LogP contribution < -0.4 is 27.0 Å². The van der Waals surface area contributed by atoms with Crippen LogP contribution in [0.2, 0.25) is 0 Å². The quantitative estimate of drug-likeness (QED) is 0.0827. The van der Waals surface area contributed by atoms with Crippen molar-refractivity contribution in [3.8, 4) is 0 Å². The number of alkyl carbamates (subject to hydrolysis) is 1. The number of nitrogens with two attached hydrogens (primary N) is 1. The highest BCUT2D eigenvalue weighted by Crippen LogP contribution is 2.69. The Morgan fingerprint density at radius 1 is 1.05 bits per heavy atom. The van der Waals surface area contributed by atoms with Crippen molar-refractivity contribution in [1.82, 2.24) is 16.0 Å². The number of carbonyl (C=O) groups excluding carboxylic acids is 7. The molecule has 3 saturated carbocycles. The fourth-order valence-electron chi connectivity index (χ4n) is 10.6. The van der Waals surface area contributed by atoms with Crippen LogP contribution in [-0.4, -0.2) is 108 Å². The molecule has 1 heterocycles. The number of carbonyl (C=O) groups is 7. The third-order valence-corrected chi connectivity index (χ3v) is 13.5. The molecular formula is C44H59N5O13. The predicted molar refractivity (Wildman–Crippen MR) is 220 cm³/mol. The maximum atomic E-state index is 14.4. The monoisotopic (exact) mass is 865 g/mol. The number of benzene rings is 1. The van der Waals surface area contributed by atoms with Crippen LogP contribution in [-0.2, 0) is 49.5 Å². The van der Waals surface area contributed by atoms with Crippen LogP contribution in [0.15, 0.2) is 48.1 Å². The Labute approximate surface area is 360 Å². The summed E-state index contributed by atoms with van der Waals surface area (Å²) in [6.07, 6.45) is 6.91. The van der Waals surface area contributed by atoms with Crippen molar-refractivity contribution in [3.63, 3.8) is 0 Å². The zero-order valence-corrected chi connectivity index (χ0v) is 35.4. The fraction of sp³-hybridized carbons (Fsp3) is 0.614. The molecule has 1 aromatic carbocycles. The van der Waals surface area contributed by atoms with E-state index in [2.05, 4.69) is 28.2 Å². The number of aliphatic hydroxyl groups excluding tert-OH is 2. The van der Waals surface area contributed by atoms with Crippen LogP contribution in [0, 0.1) is 28.6 Å². The van der Waals surface area contributed by atoms with E-state index in [-0.39, 0.29) is 48.9 Å². The van der Waals surface area contributed by atoms with Gasteiger partial charge < -0.3 is 56.2 Å². The number of urea groups is 1. The Bertz CT molecular complexity index is 1960. The zero-order chi connectivity index (χ0) is 44.8. The molecule has 8 N–H and O–H groups in total. The molecule has 0 radical (unpaired) electrons. The lowest BCUT2D eigenvalue weighted by Crippen LogP contribution is -2.63. The van der Waals surface area contributed by atoms with Gasteiger partial charge >= 0.3 is 18.1 Å². The van der Waals surface area contributed by atoms with Crippen LogP contribution in [0.25, 0.3) is 0 Å². The smallest absolute Gasteiger partial charge is 0.408 e. The minimum absolute atomic E-state index is 0.00829. The number of fused-ring (bicyclic) bond motifs is 7. The van der Waals surface area contributed by atoms with Crippen LogP contribution in [0.4, 0.5) is 15.3 Å². The number of ketones is 2. The van der Waals surface area contributed by atoms with Crippen molar-refractivity contribution in [1.29, 1.82) is 0 Å². The molecule has 0 bridgehead atoms. The number of Topliss-reactive ketones (excluding diaryl/α,β-unsaturated/α-hetero) is 1. The van der Waals surface area contributed by atoms with Gasteiger partial charge in [-0.15, -0.1) is 0 Å². The molecule has 5 aliphatic rings. The van der Waals surface area contributed by atoms with Gasteiger partial charge in [0.05, 0.1) is 18.8 Å². The minimum Gasteiger partial charge on any atom is -0.456 e. The van der Waals surface area contributed by atoms with Crippen molar-refractivity contribution >= 4 is 47.2 Å². The van der Waals surface area contributed by atoms with Crippen LogP contribution >= 0.6 is 0 Å². The molecule has 62 heavy (non-hydrogen) atoms. The van der Waals surface area contributed by atoms with E-state index in [0.29, 0.717) is 49.9 Å². The van der Waals surface area contributed by atoms with Gasteiger partial charge in [0.25, 0.3) is 0 Å². The summed E-state index contributed by atoms with van der Waals surface area (Å²) in [7, 11) is 0. The van der Waals surface area contributed by atoms with Gasteiger partial charge in [-0.05, 0) is 86.6 Å². The highest BCUT2D eigenvalue weighted by Gasteiger charge is 2.76. The van der Waals surface area contributed by atoms with Gasteiger partial charge in [-0.1, -0.05) is 51.0 Å². The number of ether oxygens (including phenoxy) is 4. The maximum absolute atomic E-state index is 14.4. The fourth-order valence-corrected chi connectivity index (χ4v) is 10.6. The number of nitrogens with one attached hydrogen (secondary N) is 4. The summed E-state index contributed by atoms with van der Waals surface area (Å²) in [6.45, 7) is 4.04. The van der Waals surface area contributed by atoms with Crippen molar-refractivity contribution in [2.24, 2.45) is 34.3 Å². The third kappa shape index (κ3) is 9.57. The standard InChI is InChI=1S/C44H59N5O13/c1-4-7-37-61-34-19-30-29-14-11-26-18-28(51)15-16-42(26,2)38(29)32(52)20-43(30,3)44(34,62-37)33(53)24-59-36(55)21-47-39(56)31(22-50)49-41(58)60-23-25-9-12-27(13-10-25)48-35(54)8-5-6-17-46-40(45)57/h9-10,12-13,15-16,18,29-32,34,37-38,50,52H,4-8,11,14,17,19-24H2,1-3H3,(H,47,56)(H,48,54)(H,49,58)(H3,45,46,57)/t29-,30?,31-,32-,34?,37?,38?,42-,43-,44+/m0/s1. The molecule has 10 atom stereocenters. The Morgan fingerprint density at radius 2 is 1.81 bits per heavy atom. The molecule has 0 spiro atoms. The number of primary amides is 1. The lowest BCUT2D eigenvalue weighted by molar-refractivity contribution is -0.201. The number of allylic oxidation sites excluding steroid dienone is 4. The summed E-state index contributed by atoms with van der Waals surface area (Å²) >= 11 is 0. The number of hydrogen-bond donors (Lipinski definition) is 7. The first-order valence-electron chi connectivity index (χ1n) is 21.4. The van der Waals surface area contributed by atoms with Gasteiger partial charge in [0, 0.05) is 35.4 Å². The van der Waals surface area contributed by atoms with E-state index in [4.69, 9.17) is 24.7 Å². The Kier molecular flexibility index (Phi) is 14.6. The summed E-state index contributed by atoms with van der Waals surface area (Å²) in [5, 5.41) is 31.5. The molecule has 4 unspecified atom stereocenters. The number of anilines is 1. The van der Waals surface area contributed by atoms with E-state index in [9.17, 15) is 43.8 Å². The lowest BCUT2D eigenvalue weighted by atomic mass is 9.46.